The van der Waals surface area contributed by atoms with Crippen molar-refractivity contribution in [3.63, 3.8) is 0 Å². The van der Waals surface area contributed by atoms with Crippen molar-refractivity contribution in [1.29, 1.82) is 0 Å². The Kier molecular flexibility index (Phi) is 8.16. The lowest BCUT2D eigenvalue weighted by atomic mass is 9.98. The van der Waals surface area contributed by atoms with Gasteiger partial charge in [0.2, 0.25) is 11.8 Å². The largest absolute Gasteiger partial charge is 0.437 e. The first-order valence-electron chi connectivity index (χ1n) is 13.3. The van der Waals surface area contributed by atoms with Crippen molar-refractivity contribution in [3.05, 3.63) is 64.7 Å². The number of anilines is 2. The highest BCUT2D eigenvalue weighted by molar-refractivity contribution is 7.92. The van der Waals surface area contributed by atoms with Gasteiger partial charge in [-0.3, -0.25) is 9.67 Å². The van der Waals surface area contributed by atoms with Gasteiger partial charge in [0.15, 0.2) is 0 Å². The summed E-state index contributed by atoms with van der Waals surface area (Å²) in [4.78, 5) is 18.0. The van der Waals surface area contributed by atoms with E-state index < -0.39 is 10.0 Å². The van der Waals surface area contributed by atoms with Gasteiger partial charge in [-0.05, 0) is 50.6 Å². The van der Waals surface area contributed by atoms with Gasteiger partial charge in [0.05, 0.1) is 17.6 Å². The molecule has 1 N–H and O–H groups in total. The minimum atomic E-state index is -4.02. The Morgan fingerprint density at radius 2 is 1.73 bits per heavy atom. The Morgan fingerprint density at radius 1 is 1.02 bits per heavy atom. The summed E-state index contributed by atoms with van der Waals surface area (Å²) in [5.41, 5.74) is 4.77. The molecule has 0 radical (unpaired) electrons. The minimum Gasteiger partial charge on any atom is -0.437 e. The molecule has 0 saturated carbocycles. The van der Waals surface area contributed by atoms with E-state index in [0.29, 0.717) is 28.5 Å². The number of aryl methyl sites for hydroxylation is 3. The van der Waals surface area contributed by atoms with Crippen molar-refractivity contribution >= 4 is 33.3 Å². The van der Waals surface area contributed by atoms with Gasteiger partial charge in [0.1, 0.15) is 15.7 Å². The van der Waals surface area contributed by atoms with E-state index in [4.69, 9.17) is 21.3 Å². The highest BCUT2D eigenvalue weighted by Gasteiger charge is 2.25. The van der Waals surface area contributed by atoms with E-state index in [1.54, 1.807) is 25.5 Å². The molecule has 0 amide bonds. The fourth-order valence-corrected chi connectivity index (χ4v) is 6.09. The first kappa shape index (κ1) is 28.8. The van der Waals surface area contributed by atoms with E-state index >= 15 is 0 Å². The zero-order chi connectivity index (χ0) is 29.3. The zero-order valence-electron chi connectivity index (χ0n) is 23.7. The van der Waals surface area contributed by atoms with Crippen molar-refractivity contribution in [2.45, 2.75) is 32.1 Å². The standard InChI is InChI=1S/C28H33ClN8O3S/c1-6-21-26(24-18(2)14-30-15-19(24)3)32-28(34-41(38,39)20-16-31-36(5)17-20)33-27(21)40-23-9-7-8-22(25(23)29)37-12-10-35(4)11-13-37/h7-9,14-17H,6,10-13H2,1-5H3,(H,32,33,34). The summed E-state index contributed by atoms with van der Waals surface area (Å²) in [7, 11) is -0.273. The van der Waals surface area contributed by atoms with Crippen LogP contribution in [-0.2, 0) is 23.5 Å². The molecule has 11 nitrogen and oxygen atoms in total. The molecule has 0 atom stereocenters. The quantitative estimate of drug-likeness (QED) is 0.315. The second-order valence-electron chi connectivity index (χ2n) is 10.1. The summed E-state index contributed by atoms with van der Waals surface area (Å²) in [6.07, 6.45) is 6.70. The summed E-state index contributed by atoms with van der Waals surface area (Å²) in [6, 6.07) is 5.65. The molecule has 0 spiro atoms. The predicted molar refractivity (Wildman–Crippen MR) is 159 cm³/mol. The Hall–Kier alpha value is -3.74. The maximum atomic E-state index is 13.2. The van der Waals surface area contributed by atoms with Gasteiger partial charge < -0.3 is 14.5 Å². The lowest BCUT2D eigenvalue weighted by Gasteiger charge is -2.34. The van der Waals surface area contributed by atoms with Gasteiger partial charge in [-0.2, -0.15) is 10.1 Å². The normalized spacial score (nSPS) is 14.3. The number of ether oxygens (including phenoxy) is 1. The first-order chi connectivity index (χ1) is 19.6. The minimum absolute atomic E-state index is 0.00798. The zero-order valence-corrected chi connectivity index (χ0v) is 25.3. The summed E-state index contributed by atoms with van der Waals surface area (Å²) in [5.74, 6) is 0.513. The van der Waals surface area contributed by atoms with E-state index in [9.17, 15) is 8.42 Å². The SMILES string of the molecule is CCc1c(Oc2cccc(N3CCN(C)CC3)c2Cl)nc(NS(=O)(=O)c2cnn(C)c2)nc1-c1c(C)cncc1C. The second kappa shape index (κ2) is 11.6. The van der Waals surface area contributed by atoms with E-state index in [2.05, 4.69) is 36.6 Å². The molecule has 3 aromatic heterocycles. The molecule has 1 aliphatic rings. The van der Waals surface area contributed by atoms with E-state index in [-0.39, 0.29) is 16.7 Å². The van der Waals surface area contributed by atoms with Gasteiger partial charge in [-0.25, -0.2) is 18.1 Å². The molecule has 0 aliphatic carbocycles. The molecule has 216 valence electrons. The van der Waals surface area contributed by atoms with Crippen molar-refractivity contribution in [2.24, 2.45) is 7.05 Å². The van der Waals surface area contributed by atoms with E-state index in [1.165, 1.54) is 17.1 Å². The molecule has 13 heteroatoms. The van der Waals surface area contributed by atoms with Gasteiger partial charge >= 0.3 is 0 Å². The molecule has 4 aromatic rings. The van der Waals surface area contributed by atoms with E-state index in [0.717, 1.165) is 48.6 Å². The van der Waals surface area contributed by atoms with Crippen LogP contribution in [0.25, 0.3) is 11.3 Å². The Labute approximate surface area is 245 Å². The summed E-state index contributed by atoms with van der Waals surface area (Å²) < 4.78 is 36.7. The van der Waals surface area contributed by atoms with Gasteiger partial charge in [-0.15, -0.1) is 0 Å². The van der Waals surface area contributed by atoms with Crippen LogP contribution in [0, 0.1) is 13.8 Å². The average molecular weight is 597 g/mol. The highest BCUT2D eigenvalue weighted by atomic mass is 35.5. The molecular weight excluding hydrogens is 564 g/mol. The number of benzene rings is 1. The molecule has 5 rings (SSSR count). The molecule has 0 unspecified atom stereocenters. The summed E-state index contributed by atoms with van der Waals surface area (Å²) in [6.45, 7) is 9.41. The number of sulfonamides is 1. The number of rotatable bonds is 8. The third kappa shape index (κ3) is 5.99. The van der Waals surface area contributed by atoms with Crippen LogP contribution >= 0.6 is 11.6 Å². The number of pyridine rings is 1. The Balaban J connectivity index is 1.61. The maximum Gasteiger partial charge on any atom is 0.267 e. The molecule has 0 bridgehead atoms. The maximum absolute atomic E-state index is 13.2. The van der Waals surface area contributed by atoms with E-state index in [1.807, 2.05) is 32.9 Å². The summed E-state index contributed by atoms with van der Waals surface area (Å²) >= 11 is 6.91. The molecule has 1 aliphatic heterocycles. The molecule has 1 saturated heterocycles. The molecule has 41 heavy (non-hydrogen) atoms. The molecule has 1 aromatic carbocycles. The third-order valence-electron chi connectivity index (χ3n) is 7.10. The van der Waals surface area contributed by atoms with Crippen LogP contribution < -0.4 is 14.4 Å². The number of nitrogens with one attached hydrogen (secondary N) is 1. The van der Waals surface area contributed by atoms with Crippen molar-refractivity contribution < 1.29 is 13.2 Å². The Morgan fingerprint density at radius 3 is 2.37 bits per heavy atom. The number of hydrogen-bond donors (Lipinski definition) is 1. The molecular formula is C28H33ClN8O3S. The number of aromatic nitrogens is 5. The van der Waals surface area contributed by atoms with Gasteiger partial charge in [0.25, 0.3) is 10.0 Å². The lowest BCUT2D eigenvalue weighted by Crippen LogP contribution is -2.44. The van der Waals surface area contributed by atoms with Crippen LogP contribution in [0.1, 0.15) is 23.6 Å². The second-order valence-corrected chi connectivity index (χ2v) is 12.2. The monoisotopic (exact) mass is 596 g/mol. The van der Waals surface area contributed by atoms with Gasteiger partial charge in [-0.1, -0.05) is 24.6 Å². The highest BCUT2D eigenvalue weighted by Crippen LogP contribution is 2.40. The van der Waals surface area contributed by atoms with Crippen LogP contribution in [0.15, 0.2) is 47.9 Å². The fourth-order valence-electron chi connectivity index (χ4n) is 4.88. The van der Waals surface area contributed by atoms with Crippen LogP contribution in [-0.4, -0.2) is 71.3 Å². The predicted octanol–water partition coefficient (Wildman–Crippen LogP) is 4.45. The molecule has 1 fully saturated rings. The number of likely N-dealkylation sites (N-methyl/N-ethyl adjacent to an activating group) is 1. The molecule has 4 heterocycles. The number of piperazine rings is 1. The van der Waals surface area contributed by atoms with Crippen LogP contribution in [0.2, 0.25) is 5.02 Å². The third-order valence-corrected chi connectivity index (χ3v) is 8.76. The number of nitrogens with zero attached hydrogens (tertiary/aromatic N) is 7. The van der Waals surface area contributed by atoms with Crippen molar-refractivity contribution in [2.75, 3.05) is 42.8 Å². The average Bonchev–Trinajstić information content (AvgIpc) is 3.37. The smallest absolute Gasteiger partial charge is 0.267 e. The van der Waals surface area contributed by atoms with Crippen molar-refractivity contribution in [3.8, 4) is 22.9 Å². The van der Waals surface area contributed by atoms with Crippen molar-refractivity contribution in [1.82, 2.24) is 29.6 Å². The number of hydrogen-bond acceptors (Lipinski definition) is 9. The number of halogens is 1. The fraction of sp³-hybridized carbons (Fsp3) is 0.357. The lowest BCUT2D eigenvalue weighted by molar-refractivity contribution is 0.313. The van der Waals surface area contributed by atoms with Crippen LogP contribution in [0.5, 0.6) is 11.6 Å². The first-order valence-corrected chi connectivity index (χ1v) is 15.2. The van der Waals surface area contributed by atoms with Crippen LogP contribution in [0.4, 0.5) is 11.6 Å². The van der Waals surface area contributed by atoms with Crippen LogP contribution in [0.3, 0.4) is 0 Å². The topological polar surface area (TPSA) is 118 Å². The Bertz CT molecular complexity index is 1660. The van der Waals surface area contributed by atoms with Gasteiger partial charge in [0, 0.05) is 62.9 Å². The summed E-state index contributed by atoms with van der Waals surface area (Å²) in [5, 5.41) is 4.44.